The summed E-state index contributed by atoms with van der Waals surface area (Å²) < 4.78 is 6.34. The summed E-state index contributed by atoms with van der Waals surface area (Å²) >= 11 is 0. The quantitative estimate of drug-likeness (QED) is 0.787. The number of nitrogens with zero attached hydrogens (tertiary/aromatic N) is 2. The van der Waals surface area contributed by atoms with Crippen LogP contribution in [-0.4, -0.2) is 54.5 Å². The van der Waals surface area contributed by atoms with Gasteiger partial charge in [-0.2, -0.15) is 0 Å². The molecule has 2 N–H and O–H groups in total. The maximum Gasteiger partial charge on any atom is 0.420 e. The average Bonchev–Trinajstić information content (AvgIpc) is 2.89. The van der Waals surface area contributed by atoms with Crippen molar-refractivity contribution in [2.45, 2.75) is 6.54 Å². The van der Waals surface area contributed by atoms with Gasteiger partial charge < -0.3 is 20.0 Å². The summed E-state index contributed by atoms with van der Waals surface area (Å²) in [7, 11) is 1.50. The van der Waals surface area contributed by atoms with Gasteiger partial charge in [-0.3, -0.25) is 14.2 Å². The van der Waals surface area contributed by atoms with Gasteiger partial charge in [-0.1, -0.05) is 0 Å². The lowest BCUT2D eigenvalue weighted by molar-refractivity contribution is -0.121. The van der Waals surface area contributed by atoms with Crippen molar-refractivity contribution in [1.29, 1.82) is 0 Å². The first kappa shape index (κ1) is 15.3. The topological polar surface area (TPSA) is 96.6 Å². The molecule has 0 aliphatic carbocycles. The molecule has 0 atom stereocenters. The fraction of sp³-hybridized carbons (Fsp3) is 0.400. The molecule has 1 aliphatic heterocycles. The number of piperazine rings is 1. The van der Waals surface area contributed by atoms with Gasteiger partial charge in [0.15, 0.2) is 5.58 Å². The van der Waals surface area contributed by atoms with Crippen molar-refractivity contribution in [1.82, 2.24) is 20.1 Å². The normalized spacial score (nSPS) is 14.9. The average molecular weight is 318 g/mol. The molecule has 1 aromatic carbocycles. The minimum atomic E-state index is -0.615. The molecule has 0 bridgehead atoms. The lowest BCUT2D eigenvalue weighted by Crippen LogP contribution is -2.46. The van der Waals surface area contributed by atoms with Gasteiger partial charge in [-0.15, -0.1) is 0 Å². The number of amides is 2. The largest absolute Gasteiger partial charge is 0.420 e. The summed E-state index contributed by atoms with van der Waals surface area (Å²) in [5, 5.41) is 5.65. The number of nitrogens with one attached hydrogen (secondary N) is 2. The van der Waals surface area contributed by atoms with E-state index in [1.54, 1.807) is 23.1 Å². The van der Waals surface area contributed by atoms with Crippen LogP contribution in [0.25, 0.3) is 11.1 Å². The Labute approximate surface area is 132 Å². The molecular formula is C15H18N4O4. The van der Waals surface area contributed by atoms with Crippen LogP contribution in [0, 0.1) is 0 Å². The van der Waals surface area contributed by atoms with Crippen LogP contribution in [-0.2, 0) is 11.3 Å². The minimum absolute atomic E-state index is 0.0893. The van der Waals surface area contributed by atoms with Crippen molar-refractivity contribution >= 4 is 22.9 Å². The van der Waals surface area contributed by atoms with Gasteiger partial charge in [0, 0.05) is 38.8 Å². The van der Waals surface area contributed by atoms with Gasteiger partial charge in [-0.05, 0) is 18.2 Å². The Kier molecular flexibility index (Phi) is 4.16. The fourth-order valence-electron chi connectivity index (χ4n) is 2.62. The van der Waals surface area contributed by atoms with Crippen molar-refractivity contribution in [2.24, 2.45) is 0 Å². The Balaban J connectivity index is 1.96. The molecule has 0 radical (unpaired) electrons. The van der Waals surface area contributed by atoms with Crippen LogP contribution in [0.2, 0.25) is 0 Å². The summed E-state index contributed by atoms with van der Waals surface area (Å²) in [6, 6.07) is 4.83. The van der Waals surface area contributed by atoms with E-state index in [4.69, 9.17) is 4.42 Å². The molecule has 1 saturated heterocycles. The van der Waals surface area contributed by atoms with Crippen molar-refractivity contribution < 1.29 is 14.0 Å². The Bertz CT molecular complexity index is 801. The number of fused-ring (bicyclic) bond motifs is 1. The third-order valence-electron chi connectivity index (χ3n) is 3.90. The predicted octanol–water partition coefficient (Wildman–Crippen LogP) is -0.614. The smallest absolute Gasteiger partial charge is 0.408 e. The fourth-order valence-corrected chi connectivity index (χ4v) is 2.62. The van der Waals surface area contributed by atoms with E-state index in [0.717, 1.165) is 13.1 Å². The zero-order chi connectivity index (χ0) is 16.4. The second kappa shape index (κ2) is 6.25. The summed E-state index contributed by atoms with van der Waals surface area (Å²) in [6.07, 6.45) is 0. The Morgan fingerprint density at radius 3 is 2.74 bits per heavy atom. The lowest BCUT2D eigenvalue weighted by Gasteiger charge is -2.27. The number of benzene rings is 1. The highest BCUT2D eigenvalue weighted by Crippen LogP contribution is 2.17. The molecule has 0 unspecified atom stereocenters. The summed E-state index contributed by atoms with van der Waals surface area (Å²) in [6.45, 7) is 2.68. The van der Waals surface area contributed by atoms with E-state index < -0.39 is 5.76 Å². The number of oxazole rings is 1. The molecule has 8 nitrogen and oxygen atoms in total. The van der Waals surface area contributed by atoms with Crippen LogP contribution < -0.4 is 16.4 Å². The van der Waals surface area contributed by atoms with Gasteiger partial charge in [0.2, 0.25) is 5.91 Å². The molecule has 1 aromatic heterocycles. The molecule has 2 amide bonds. The zero-order valence-electron chi connectivity index (χ0n) is 12.8. The van der Waals surface area contributed by atoms with Crippen LogP contribution in [0.15, 0.2) is 27.4 Å². The lowest BCUT2D eigenvalue weighted by atomic mass is 10.1. The molecule has 122 valence electrons. The first-order valence-corrected chi connectivity index (χ1v) is 7.44. The molecule has 1 aliphatic rings. The third-order valence-corrected chi connectivity index (χ3v) is 3.90. The van der Waals surface area contributed by atoms with E-state index in [9.17, 15) is 14.4 Å². The van der Waals surface area contributed by atoms with Crippen molar-refractivity contribution in [3.8, 4) is 0 Å². The monoisotopic (exact) mass is 318 g/mol. The van der Waals surface area contributed by atoms with Gasteiger partial charge in [0.1, 0.15) is 6.54 Å². The van der Waals surface area contributed by atoms with Gasteiger partial charge in [0.25, 0.3) is 5.91 Å². The highest BCUT2D eigenvalue weighted by Gasteiger charge is 2.20. The van der Waals surface area contributed by atoms with Gasteiger partial charge >= 0.3 is 5.76 Å². The summed E-state index contributed by atoms with van der Waals surface area (Å²) in [4.78, 5) is 37.7. The van der Waals surface area contributed by atoms with E-state index in [1.807, 2.05) is 0 Å². The number of carbonyl (C=O) groups excluding carboxylic acids is 2. The number of hydrogen-bond donors (Lipinski definition) is 2. The molecule has 3 rings (SSSR count). The number of aromatic nitrogens is 1. The van der Waals surface area contributed by atoms with E-state index >= 15 is 0 Å². The molecule has 2 aromatic rings. The predicted molar refractivity (Wildman–Crippen MR) is 83.3 cm³/mol. The highest BCUT2D eigenvalue weighted by atomic mass is 16.4. The van der Waals surface area contributed by atoms with Crippen LogP contribution >= 0.6 is 0 Å². The Morgan fingerprint density at radius 2 is 2.04 bits per heavy atom. The number of likely N-dealkylation sites (N-methyl/N-ethyl adjacent to an activating group) is 1. The van der Waals surface area contributed by atoms with E-state index in [1.165, 1.54) is 11.6 Å². The molecule has 8 heteroatoms. The number of carbonyl (C=O) groups is 2. The van der Waals surface area contributed by atoms with Gasteiger partial charge in [0.05, 0.1) is 5.52 Å². The molecule has 1 fully saturated rings. The second-order valence-electron chi connectivity index (χ2n) is 5.35. The Morgan fingerprint density at radius 1 is 1.30 bits per heavy atom. The molecule has 0 saturated carbocycles. The van der Waals surface area contributed by atoms with Crippen molar-refractivity contribution in [3.63, 3.8) is 0 Å². The summed E-state index contributed by atoms with van der Waals surface area (Å²) in [5.41, 5.74) is 1.28. The number of rotatable bonds is 3. The zero-order valence-corrected chi connectivity index (χ0v) is 12.8. The number of hydrogen-bond acceptors (Lipinski definition) is 5. The first-order chi connectivity index (χ1) is 11.1. The van der Waals surface area contributed by atoms with Crippen LogP contribution in [0.1, 0.15) is 10.4 Å². The SMILES string of the molecule is CNC(=O)Cn1c(=O)oc2ccc(C(=O)N3CCNCC3)cc21. The van der Waals surface area contributed by atoms with Crippen molar-refractivity contribution in [2.75, 3.05) is 33.2 Å². The third kappa shape index (κ3) is 2.98. The molecule has 2 heterocycles. The van der Waals surface area contributed by atoms with E-state index in [0.29, 0.717) is 29.8 Å². The second-order valence-corrected chi connectivity index (χ2v) is 5.35. The first-order valence-electron chi connectivity index (χ1n) is 7.44. The van der Waals surface area contributed by atoms with E-state index in [2.05, 4.69) is 10.6 Å². The summed E-state index contributed by atoms with van der Waals surface area (Å²) in [5.74, 6) is -1.02. The Hall–Kier alpha value is -2.61. The van der Waals surface area contributed by atoms with Crippen LogP contribution in [0.5, 0.6) is 0 Å². The van der Waals surface area contributed by atoms with Crippen molar-refractivity contribution in [3.05, 3.63) is 34.3 Å². The van der Waals surface area contributed by atoms with E-state index in [-0.39, 0.29) is 18.4 Å². The maximum atomic E-state index is 12.5. The molecule has 0 spiro atoms. The maximum absolute atomic E-state index is 12.5. The minimum Gasteiger partial charge on any atom is -0.408 e. The van der Waals surface area contributed by atoms with Gasteiger partial charge in [-0.25, -0.2) is 4.79 Å². The molecular weight excluding hydrogens is 300 g/mol. The molecule has 23 heavy (non-hydrogen) atoms. The standard InChI is InChI=1S/C15H18N4O4/c1-16-13(20)9-19-11-8-10(2-3-12(11)23-15(19)22)14(21)18-6-4-17-5-7-18/h2-3,8,17H,4-7,9H2,1H3,(H,16,20). The van der Waals surface area contributed by atoms with Crippen LogP contribution in [0.3, 0.4) is 0 Å². The highest BCUT2D eigenvalue weighted by molar-refractivity contribution is 5.97. The van der Waals surface area contributed by atoms with Crippen LogP contribution in [0.4, 0.5) is 0 Å².